The number of methoxy groups -OCH3 is 1. The summed E-state index contributed by atoms with van der Waals surface area (Å²) in [5.74, 6) is -0.465. The molecule has 0 saturated carbocycles. The number of halogens is 5. The summed E-state index contributed by atoms with van der Waals surface area (Å²) in [5.41, 5.74) is -0.128. The Morgan fingerprint density at radius 3 is 2.35 bits per heavy atom. The van der Waals surface area contributed by atoms with Gasteiger partial charge < -0.3 is 9.57 Å². The van der Waals surface area contributed by atoms with Crippen LogP contribution >= 0.6 is 23.2 Å². The molecule has 1 aliphatic carbocycles. The topological polar surface area (TPSA) is 47.9 Å². The van der Waals surface area contributed by atoms with Gasteiger partial charge in [-0.1, -0.05) is 34.4 Å². The number of ether oxygens (including phenoxy) is 1. The highest BCUT2D eigenvalue weighted by Crippen LogP contribution is 2.50. The summed E-state index contributed by atoms with van der Waals surface area (Å²) in [4.78, 5) is 17.3. The molecule has 0 radical (unpaired) electrons. The Hall–Kier alpha value is -2.25. The van der Waals surface area contributed by atoms with E-state index in [1.54, 1.807) is 12.1 Å². The molecule has 4 rings (SSSR count). The van der Waals surface area contributed by atoms with Crippen molar-refractivity contribution in [2.75, 3.05) is 7.11 Å². The first-order valence-corrected chi connectivity index (χ1v) is 10.4. The second-order valence-corrected chi connectivity index (χ2v) is 8.48. The van der Waals surface area contributed by atoms with Gasteiger partial charge in [0.1, 0.15) is 0 Å². The van der Waals surface area contributed by atoms with Crippen LogP contribution < -0.4 is 0 Å². The van der Waals surface area contributed by atoms with Crippen molar-refractivity contribution in [1.82, 2.24) is 0 Å². The molecule has 2 aromatic carbocycles. The van der Waals surface area contributed by atoms with Crippen molar-refractivity contribution in [1.29, 1.82) is 0 Å². The van der Waals surface area contributed by atoms with Crippen molar-refractivity contribution in [3.05, 3.63) is 68.2 Å². The van der Waals surface area contributed by atoms with Gasteiger partial charge in [-0.05, 0) is 61.1 Å². The van der Waals surface area contributed by atoms with Crippen molar-refractivity contribution in [2.24, 2.45) is 5.16 Å². The Balaban J connectivity index is 1.79. The van der Waals surface area contributed by atoms with Gasteiger partial charge in [-0.3, -0.25) is 0 Å². The number of carbonyl (C=O) groups excluding carboxylic acids is 1. The molecule has 0 bridgehead atoms. The Kier molecular flexibility index (Phi) is 5.68. The van der Waals surface area contributed by atoms with Gasteiger partial charge in [-0.15, -0.1) is 0 Å². The van der Waals surface area contributed by atoms with E-state index in [9.17, 15) is 18.0 Å². The predicted molar refractivity (Wildman–Crippen MR) is 111 cm³/mol. The third kappa shape index (κ3) is 3.78. The number of esters is 1. The summed E-state index contributed by atoms with van der Waals surface area (Å²) in [5, 5.41) is 4.00. The minimum Gasteiger partial charge on any atom is -0.465 e. The fourth-order valence-electron chi connectivity index (χ4n) is 4.27. The summed E-state index contributed by atoms with van der Waals surface area (Å²) in [7, 11) is 1.30. The maximum absolute atomic E-state index is 14.3. The summed E-state index contributed by atoms with van der Waals surface area (Å²) in [6.07, 6.45) is -2.26. The molecule has 2 aliphatic rings. The summed E-state index contributed by atoms with van der Waals surface area (Å²) in [6.45, 7) is 0. The zero-order chi connectivity index (χ0) is 22.4. The lowest BCUT2D eigenvalue weighted by atomic mass is 9.81. The van der Waals surface area contributed by atoms with Crippen LogP contribution in [-0.4, -0.2) is 25.0 Å². The monoisotopic (exact) mass is 471 g/mol. The van der Waals surface area contributed by atoms with Crippen molar-refractivity contribution in [2.45, 2.75) is 43.9 Å². The summed E-state index contributed by atoms with van der Waals surface area (Å²) in [6, 6.07) is 6.94. The average Bonchev–Trinajstić information content (AvgIpc) is 3.18. The number of hydrogen-bond acceptors (Lipinski definition) is 4. The van der Waals surface area contributed by atoms with Crippen LogP contribution in [-0.2, 0) is 28.0 Å². The lowest BCUT2D eigenvalue weighted by Crippen LogP contribution is -2.42. The minimum atomic E-state index is -4.77. The SMILES string of the molecule is COC(=O)c1ccc(C2=NOC(c3cc(Cl)cc(Cl)c3)(C(F)(F)F)C2)c2c1CCCC2. The van der Waals surface area contributed by atoms with Gasteiger partial charge in [0.15, 0.2) is 0 Å². The van der Waals surface area contributed by atoms with Crippen LogP contribution in [0.4, 0.5) is 13.2 Å². The molecule has 1 heterocycles. The molecule has 2 aromatic rings. The van der Waals surface area contributed by atoms with Crippen LogP contribution in [0, 0.1) is 0 Å². The fourth-order valence-corrected chi connectivity index (χ4v) is 4.80. The molecule has 31 heavy (non-hydrogen) atoms. The van der Waals surface area contributed by atoms with E-state index < -0.39 is 24.2 Å². The third-order valence-corrected chi connectivity index (χ3v) is 6.20. The first-order valence-electron chi connectivity index (χ1n) is 9.68. The lowest BCUT2D eigenvalue weighted by molar-refractivity contribution is -0.275. The zero-order valence-electron chi connectivity index (χ0n) is 16.5. The molecule has 164 valence electrons. The van der Waals surface area contributed by atoms with Crippen molar-refractivity contribution in [3.8, 4) is 0 Å². The quantitative estimate of drug-likeness (QED) is 0.497. The molecule has 0 N–H and O–H groups in total. The van der Waals surface area contributed by atoms with Crippen LogP contribution in [0.1, 0.15) is 51.9 Å². The van der Waals surface area contributed by atoms with Crippen molar-refractivity contribution >= 4 is 34.9 Å². The number of carbonyl (C=O) groups is 1. The number of oxime groups is 1. The van der Waals surface area contributed by atoms with Crippen LogP contribution in [0.25, 0.3) is 0 Å². The molecule has 0 amide bonds. The van der Waals surface area contributed by atoms with E-state index in [2.05, 4.69) is 5.16 Å². The summed E-state index contributed by atoms with van der Waals surface area (Å²) >= 11 is 11.9. The van der Waals surface area contributed by atoms with E-state index in [1.807, 2.05) is 0 Å². The molecule has 0 fully saturated rings. The molecule has 1 atom stereocenters. The maximum atomic E-state index is 14.3. The number of alkyl halides is 3. The molecular formula is C22H18Cl2F3NO3. The molecule has 9 heteroatoms. The van der Waals surface area contributed by atoms with Gasteiger partial charge in [-0.2, -0.15) is 13.2 Å². The zero-order valence-corrected chi connectivity index (χ0v) is 18.0. The van der Waals surface area contributed by atoms with E-state index >= 15 is 0 Å². The van der Waals surface area contributed by atoms with Gasteiger partial charge in [0.2, 0.25) is 0 Å². The highest BCUT2D eigenvalue weighted by Gasteiger charge is 2.62. The highest BCUT2D eigenvalue weighted by atomic mass is 35.5. The number of hydrogen-bond donors (Lipinski definition) is 0. The number of nitrogens with zero attached hydrogens (tertiary/aromatic N) is 1. The lowest BCUT2D eigenvalue weighted by Gasteiger charge is -2.30. The van der Waals surface area contributed by atoms with Crippen molar-refractivity contribution in [3.63, 3.8) is 0 Å². The van der Waals surface area contributed by atoms with Crippen molar-refractivity contribution < 1.29 is 27.5 Å². The number of benzene rings is 2. The summed E-state index contributed by atoms with van der Waals surface area (Å²) < 4.78 is 47.6. The predicted octanol–water partition coefficient (Wildman–Crippen LogP) is 6.24. The number of rotatable bonds is 3. The molecular weight excluding hydrogens is 454 g/mol. The van der Waals surface area contributed by atoms with Gasteiger partial charge in [0.05, 0.1) is 18.4 Å². The van der Waals surface area contributed by atoms with E-state index in [-0.39, 0.29) is 21.3 Å². The largest absolute Gasteiger partial charge is 0.465 e. The first-order chi connectivity index (χ1) is 14.7. The average molecular weight is 472 g/mol. The molecule has 0 spiro atoms. The normalized spacial score (nSPS) is 20.6. The second kappa shape index (κ2) is 8.02. The van der Waals surface area contributed by atoms with E-state index in [4.69, 9.17) is 32.8 Å². The Labute approximate surface area is 186 Å². The van der Waals surface area contributed by atoms with Gasteiger partial charge in [0, 0.05) is 27.6 Å². The molecule has 0 saturated heterocycles. The maximum Gasteiger partial charge on any atom is 0.435 e. The molecule has 1 unspecified atom stereocenters. The van der Waals surface area contributed by atoms with Crippen LogP contribution in [0.2, 0.25) is 10.0 Å². The second-order valence-electron chi connectivity index (χ2n) is 7.61. The van der Waals surface area contributed by atoms with Crippen LogP contribution in [0.5, 0.6) is 0 Å². The van der Waals surface area contributed by atoms with Crippen LogP contribution in [0.3, 0.4) is 0 Å². The smallest absolute Gasteiger partial charge is 0.435 e. The number of fused-ring (bicyclic) bond motifs is 1. The van der Waals surface area contributed by atoms with Crippen LogP contribution in [0.15, 0.2) is 35.5 Å². The first kappa shape index (κ1) is 22.0. The van der Waals surface area contributed by atoms with E-state index in [0.717, 1.165) is 24.0 Å². The molecule has 4 nitrogen and oxygen atoms in total. The van der Waals surface area contributed by atoms with E-state index in [1.165, 1.54) is 25.3 Å². The third-order valence-electron chi connectivity index (χ3n) is 5.77. The Bertz CT molecular complexity index is 1060. The molecule has 1 aliphatic heterocycles. The fraction of sp³-hybridized carbons (Fsp3) is 0.364. The van der Waals surface area contributed by atoms with Gasteiger partial charge in [0.25, 0.3) is 5.60 Å². The highest BCUT2D eigenvalue weighted by molar-refractivity contribution is 6.34. The molecule has 0 aromatic heterocycles. The standard InChI is InChI=1S/C22H18Cl2F3NO3/c1-30-20(29)18-7-6-17(15-4-2-3-5-16(15)18)19-11-21(31-28-19,22(25,26)27)12-8-13(23)10-14(24)9-12/h6-10H,2-5,11H2,1H3. The van der Waals surface area contributed by atoms with Gasteiger partial charge in [-0.25, -0.2) is 4.79 Å². The Morgan fingerprint density at radius 2 is 1.74 bits per heavy atom. The Morgan fingerprint density at radius 1 is 1.10 bits per heavy atom. The van der Waals surface area contributed by atoms with Gasteiger partial charge >= 0.3 is 12.1 Å². The minimum absolute atomic E-state index is 0.0722. The van der Waals surface area contributed by atoms with E-state index in [0.29, 0.717) is 24.0 Å².